The fourth-order valence-corrected chi connectivity index (χ4v) is 3.61. The smallest absolute Gasteiger partial charge is 0.311 e. The Morgan fingerprint density at radius 3 is 1.85 bits per heavy atom. The quantitative estimate of drug-likeness (QED) is 0.120. The predicted octanol–water partition coefficient (Wildman–Crippen LogP) is 7.07. The van der Waals surface area contributed by atoms with Crippen LogP contribution in [0.2, 0.25) is 15.1 Å². The van der Waals surface area contributed by atoms with Crippen LogP contribution in [0.3, 0.4) is 0 Å². The SMILES string of the molecule is CCCC(=O)OC(CCOC(=O)CCC(=O)Oc1cc(Cl)ccc1Oc1ccc(Cl)cc1Cl)OC(=O)CCC. The summed E-state index contributed by atoms with van der Waals surface area (Å²) in [5.74, 6) is -2.00. The number of hydrogen-bond acceptors (Lipinski definition) is 9. The first-order chi connectivity index (χ1) is 18.6. The highest BCUT2D eigenvalue weighted by Crippen LogP contribution is 2.37. The summed E-state index contributed by atoms with van der Waals surface area (Å²) in [7, 11) is 0. The van der Waals surface area contributed by atoms with Gasteiger partial charge in [-0.05, 0) is 43.2 Å². The van der Waals surface area contributed by atoms with Crippen molar-refractivity contribution >= 4 is 58.7 Å². The first-order valence-corrected chi connectivity index (χ1v) is 13.4. The van der Waals surface area contributed by atoms with Crippen LogP contribution < -0.4 is 9.47 Å². The third kappa shape index (κ3) is 12.1. The van der Waals surface area contributed by atoms with E-state index in [0.29, 0.717) is 22.9 Å². The molecule has 0 radical (unpaired) electrons. The van der Waals surface area contributed by atoms with Crippen LogP contribution in [-0.4, -0.2) is 36.8 Å². The van der Waals surface area contributed by atoms with Gasteiger partial charge >= 0.3 is 23.9 Å². The molecule has 2 aromatic rings. The van der Waals surface area contributed by atoms with Crippen molar-refractivity contribution in [3.05, 3.63) is 51.5 Å². The second kappa shape index (κ2) is 16.8. The van der Waals surface area contributed by atoms with Crippen LogP contribution in [0.25, 0.3) is 0 Å². The summed E-state index contributed by atoms with van der Waals surface area (Å²) < 4.78 is 26.5. The molecule has 212 valence electrons. The van der Waals surface area contributed by atoms with Gasteiger partial charge in [0.05, 0.1) is 30.9 Å². The summed E-state index contributed by atoms with van der Waals surface area (Å²) >= 11 is 18.1. The zero-order valence-corrected chi connectivity index (χ0v) is 23.8. The molecule has 0 fully saturated rings. The largest absolute Gasteiger partial charge is 0.465 e. The Morgan fingerprint density at radius 1 is 0.692 bits per heavy atom. The van der Waals surface area contributed by atoms with Crippen molar-refractivity contribution in [3.63, 3.8) is 0 Å². The minimum absolute atomic E-state index is 0.0255. The van der Waals surface area contributed by atoms with E-state index < -0.39 is 30.2 Å². The van der Waals surface area contributed by atoms with E-state index in [1.54, 1.807) is 18.2 Å². The van der Waals surface area contributed by atoms with E-state index in [9.17, 15) is 19.2 Å². The first kappa shape index (κ1) is 32.2. The fourth-order valence-electron chi connectivity index (χ4n) is 3.00. The van der Waals surface area contributed by atoms with Crippen LogP contribution in [0.5, 0.6) is 17.2 Å². The molecule has 0 amide bonds. The van der Waals surface area contributed by atoms with Crippen LogP contribution in [0.4, 0.5) is 0 Å². The third-order valence-corrected chi connectivity index (χ3v) is 5.59. The second-order valence-electron chi connectivity index (χ2n) is 8.16. The lowest BCUT2D eigenvalue weighted by atomic mass is 10.3. The number of rotatable bonds is 15. The summed E-state index contributed by atoms with van der Waals surface area (Å²) in [6.07, 6.45) is -0.338. The second-order valence-corrected chi connectivity index (χ2v) is 9.44. The Labute approximate surface area is 241 Å². The summed E-state index contributed by atoms with van der Waals surface area (Å²) in [6.45, 7) is 3.43. The Bertz CT molecular complexity index is 1130. The molecule has 2 aromatic carbocycles. The normalized spacial score (nSPS) is 10.6. The van der Waals surface area contributed by atoms with E-state index in [1.807, 2.05) is 13.8 Å². The van der Waals surface area contributed by atoms with Crippen molar-refractivity contribution in [3.8, 4) is 17.2 Å². The minimum atomic E-state index is -1.17. The summed E-state index contributed by atoms with van der Waals surface area (Å²) in [5.41, 5.74) is 0. The molecule has 9 nitrogen and oxygen atoms in total. The van der Waals surface area contributed by atoms with Crippen molar-refractivity contribution in [1.82, 2.24) is 0 Å². The van der Waals surface area contributed by atoms with Crippen LogP contribution in [0.15, 0.2) is 36.4 Å². The van der Waals surface area contributed by atoms with E-state index in [-0.39, 0.29) is 61.0 Å². The van der Waals surface area contributed by atoms with E-state index in [1.165, 1.54) is 18.2 Å². The Hall–Kier alpha value is -3.01. The van der Waals surface area contributed by atoms with E-state index in [0.717, 1.165) is 0 Å². The first-order valence-electron chi connectivity index (χ1n) is 12.3. The molecule has 0 saturated carbocycles. The van der Waals surface area contributed by atoms with Crippen molar-refractivity contribution < 1.29 is 42.9 Å². The lowest BCUT2D eigenvalue weighted by Gasteiger charge is -2.18. The molecule has 0 spiro atoms. The highest BCUT2D eigenvalue weighted by Gasteiger charge is 2.20. The third-order valence-electron chi connectivity index (χ3n) is 4.83. The lowest BCUT2D eigenvalue weighted by molar-refractivity contribution is -0.191. The molecule has 39 heavy (non-hydrogen) atoms. The van der Waals surface area contributed by atoms with Crippen molar-refractivity contribution in [2.24, 2.45) is 0 Å². The van der Waals surface area contributed by atoms with Crippen molar-refractivity contribution in [1.29, 1.82) is 0 Å². The molecule has 2 rings (SSSR count). The lowest BCUT2D eigenvalue weighted by Crippen LogP contribution is -2.26. The average Bonchev–Trinajstić information content (AvgIpc) is 2.86. The number of esters is 4. The predicted molar refractivity (Wildman–Crippen MR) is 144 cm³/mol. The van der Waals surface area contributed by atoms with Gasteiger partial charge in [-0.15, -0.1) is 0 Å². The van der Waals surface area contributed by atoms with Gasteiger partial charge in [-0.2, -0.15) is 0 Å². The molecule has 0 saturated heterocycles. The average molecular weight is 604 g/mol. The van der Waals surface area contributed by atoms with E-state index in [2.05, 4.69) is 0 Å². The van der Waals surface area contributed by atoms with Gasteiger partial charge in [0.2, 0.25) is 0 Å². The van der Waals surface area contributed by atoms with Crippen LogP contribution in [-0.2, 0) is 33.4 Å². The number of hydrogen-bond donors (Lipinski definition) is 0. The van der Waals surface area contributed by atoms with Gasteiger partial charge in [-0.25, -0.2) is 0 Å². The number of benzene rings is 2. The molecule has 0 aliphatic carbocycles. The molecule has 0 aliphatic rings. The number of carbonyl (C=O) groups is 4. The standard InChI is InChI=1S/C27H29Cl3O9/c1-3-5-24(32)38-27(39-25(33)6-4-2)13-14-35-23(31)11-12-26(34)37-22-16-18(29)8-10-21(22)36-20-9-7-17(28)15-19(20)30/h7-10,15-16,27H,3-6,11-14H2,1-2H3. The molecular weight excluding hydrogens is 575 g/mol. The van der Waals surface area contributed by atoms with Gasteiger partial charge in [-0.3, -0.25) is 19.2 Å². The molecule has 0 aliphatic heterocycles. The maximum atomic E-state index is 12.4. The number of halogens is 3. The number of carbonyl (C=O) groups excluding carboxylic acids is 4. The van der Waals surface area contributed by atoms with Gasteiger partial charge in [0.15, 0.2) is 11.5 Å². The van der Waals surface area contributed by atoms with Gasteiger partial charge < -0.3 is 23.7 Å². The highest BCUT2D eigenvalue weighted by molar-refractivity contribution is 6.35. The number of ether oxygens (including phenoxy) is 5. The summed E-state index contributed by atoms with van der Waals surface area (Å²) in [5, 5.41) is 0.966. The van der Waals surface area contributed by atoms with Gasteiger partial charge in [-0.1, -0.05) is 48.7 Å². The minimum Gasteiger partial charge on any atom is -0.465 e. The topological polar surface area (TPSA) is 114 Å². The van der Waals surface area contributed by atoms with Crippen molar-refractivity contribution in [2.75, 3.05) is 6.61 Å². The Kier molecular flexibility index (Phi) is 13.9. The fraction of sp³-hybridized carbons (Fsp3) is 0.407. The molecule has 0 bridgehead atoms. The maximum Gasteiger partial charge on any atom is 0.311 e. The van der Waals surface area contributed by atoms with Gasteiger partial charge in [0.1, 0.15) is 5.75 Å². The molecule has 0 N–H and O–H groups in total. The summed E-state index contributed by atoms with van der Waals surface area (Å²) in [6, 6.07) is 9.07. The van der Waals surface area contributed by atoms with Crippen LogP contribution >= 0.6 is 34.8 Å². The Balaban J connectivity index is 1.87. The van der Waals surface area contributed by atoms with Gasteiger partial charge in [0, 0.05) is 29.0 Å². The van der Waals surface area contributed by atoms with E-state index >= 15 is 0 Å². The monoisotopic (exact) mass is 602 g/mol. The summed E-state index contributed by atoms with van der Waals surface area (Å²) in [4.78, 5) is 48.1. The molecule has 0 aromatic heterocycles. The van der Waals surface area contributed by atoms with Crippen molar-refractivity contribution in [2.45, 2.75) is 65.1 Å². The molecule has 0 atom stereocenters. The maximum absolute atomic E-state index is 12.4. The van der Waals surface area contributed by atoms with E-state index in [4.69, 9.17) is 58.5 Å². The highest BCUT2D eigenvalue weighted by atomic mass is 35.5. The van der Waals surface area contributed by atoms with Crippen LogP contribution in [0, 0.1) is 0 Å². The zero-order valence-electron chi connectivity index (χ0n) is 21.5. The molecule has 0 heterocycles. The van der Waals surface area contributed by atoms with Crippen LogP contribution in [0.1, 0.15) is 58.8 Å². The molecule has 0 unspecified atom stereocenters. The van der Waals surface area contributed by atoms with Gasteiger partial charge in [0.25, 0.3) is 6.29 Å². The molecular formula is C27H29Cl3O9. The zero-order chi connectivity index (χ0) is 28.8. The Morgan fingerprint density at radius 2 is 1.26 bits per heavy atom. The molecule has 12 heteroatoms.